The van der Waals surface area contributed by atoms with E-state index in [1.807, 2.05) is 22.9 Å². The highest BCUT2D eigenvalue weighted by Gasteiger charge is 2.32. The van der Waals surface area contributed by atoms with E-state index in [2.05, 4.69) is 10.1 Å². The largest absolute Gasteiger partial charge is 0.416 e. The van der Waals surface area contributed by atoms with E-state index in [-0.39, 0.29) is 17.3 Å². The van der Waals surface area contributed by atoms with Crippen molar-refractivity contribution in [3.63, 3.8) is 0 Å². The van der Waals surface area contributed by atoms with E-state index in [1.165, 1.54) is 10.5 Å². The molecule has 160 valence electrons. The maximum atomic E-state index is 13.4. The Morgan fingerprint density at radius 2 is 1.90 bits per heavy atom. The van der Waals surface area contributed by atoms with Crippen LogP contribution < -0.4 is 4.31 Å². The third-order valence-electron chi connectivity index (χ3n) is 5.25. The second-order valence-electron chi connectivity index (χ2n) is 7.18. The third-order valence-corrected chi connectivity index (χ3v) is 7.02. The van der Waals surface area contributed by atoms with Crippen molar-refractivity contribution in [1.29, 1.82) is 0 Å². The summed E-state index contributed by atoms with van der Waals surface area (Å²) in [6.45, 7) is 0.954. The summed E-state index contributed by atoms with van der Waals surface area (Å²) < 4.78 is 70.3. The van der Waals surface area contributed by atoms with E-state index in [4.69, 9.17) is 0 Å². The van der Waals surface area contributed by atoms with Crippen molar-refractivity contribution < 1.29 is 21.6 Å². The summed E-state index contributed by atoms with van der Waals surface area (Å²) in [4.78, 5) is 3.77. The molecule has 7 nitrogen and oxygen atoms in total. The monoisotopic (exact) mass is 447 g/mol. The molecular formula is C20H16F3N5O2S. The van der Waals surface area contributed by atoms with Gasteiger partial charge in [0.05, 0.1) is 29.2 Å². The van der Waals surface area contributed by atoms with Crippen molar-refractivity contribution in [3.05, 3.63) is 66.7 Å². The molecule has 5 rings (SSSR count). The van der Waals surface area contributed by atoms with Crippen LogP contribution in [0.15, 0.2) is 66.1 Å². The van der Waals surface area contributed by atoms with Gasteiger partial charge in [-0.3, -0.25) is 4.31 Å². The standard InChI is InChI=1S/C20H16F3N5O2S/c21-20(22,23)15-5-7-24-18(11-15)27-13-16(12-25-27)31(29,30)28-9-2-8-26-10-6-14-3-1-4-17(28)19(14)26/h1,3-7,10-13H,2,8-9H2. The fourth-order valence-corrected chi connectivity index (χ4v) is 5.24. The lowest BCUT2D eigenvalue weighted by atomic mass is 10.2. The second-order valence-corrected chi connectivity index (χ2v) is 9.04. The first-order valence-corrected chi connectivity index (χ1v) is 10.9. The van der Waals surface area contributed by atoms with Gasteiger partial charge in [-0.15, -0.1) is 0 Å². The van der Waals surface area contributed by atoms with Crippen molar-refractivity contribution >= 4 is 26.6 Å². The lowest BCUT2D eigenvalue weighted by Crippen LogP contribution is -2.31. The molecule has 0 saturated carbocycles. The van der Waals surface area contributed by atoms with Gasteiger partial charge < -0.3 is 4.57 Å². The number of halogens is 3. The molecule has 0 bridgehead atoms. The van der Waals surface area contributed by atoms with E-state index < -0.39 is 21.8 Å². The first-order chi connectivity index (χ1) is 14.7. The molecule has 0 aliphatic carbocycles. The number of para-hydroxylation sites is 1. The predicted octanol–water partition coefficient (Wildman–Crippen LogP) is 3.84. The van der Waals surface area contributed by atoms with Gasteiger partial charge in [-0.05, 0) is 30.7 Å². The average Bonchev–Trinajstić information content (AvgIpc) is 3.34. The fraction of sp³-hybridized carbons (Fsp3) is 0.200. The Kier molecular flexibility index (Phi) is 4.33. The van der Waals surface area contributed by atoms with Gasteiger partial charge in [0, 0.05) is 30.9 Å². The minimum Gasteiger partial charge on any atom is -0.346 e. The first-order valence-electron chi connectivity index (χ1n) is 9.44. The van der Waals surface area contributed by atoms with Crippen LogP contribution in [0.5, 0.6) is 0 Å². The molecule has 4 heterocycles. The van der Waals surface area contributed by atoms with Gasteiger partial charge in [-0.1, -0.05) is 12.1 Å². The van der Waals surface area contributed by atoms with Crippen LogP contribution in [0, 0.1) is 0 Å². The minimum atomic E-state index is -4.54. The van der Waals surface area contributed by atoms with Crippen molar-refractivity contribution in [2.75, 3.05) is 10.8 Å². The lowest BCUT2D eigenvalue weighted by molar-refractivity contribution is -0.137. The highest BCUT2D eigenvalue weighted by Crippen LogP contribution is 2.34. The Morgan fingerprint density at radius 1 is 1.06 bits per heavy atom. The second kappa shape index (κ2) is 6.84. The summed E-state index contributed by atoms with van der Waals surface area (Å²) in [6.07, 6.45) is 1.32. The van der Waals surface area contributed by atoms with E-state index in [1.54, 1.807) is 12.1 Å². The molecule has 11 heteroatoms. The Balaban J connectivity index is 1.56. The summed E-state index contributed by atoms with van der Waals surface area (Å²) in [5.41, 5.74) is 0.498. The minimum absolute atomic E-state index is 0.122. The maximum absolute atomic E-state index is 13.4. The van der Waals surface area contributed by atoms with E-state index in [0.29, 0.717) is 18.7 Å². The Labute approximate surface area is 175 Å². The van der Waals surface area contributed by atoms with Gasteiger partial charge in [0.25, 0.3) is 10.0 Å². The topological polar surface area (TPSA) is 73.0 Å². The van der Waals surface area contributed by atoms with E-state index in [9.17, 15) is 21.6 Å². The summed E-state index contributed by atoms with van der Waals surface area (Å²) in [7, 11) is -3.99. The van der Waals surface area contributed by atoms with Gasteiger partial charge >= 0.3 is 6.18 Å². The first kappa shape index (κ1) is 19.6. The number of rotatable bonds is 3. The van der Waals surface area contributed by atoms with Crippen LogP contribution in [0.2, 0.25) is 0 Å². The van der Waals surface area contributed by atoms with Crippen molar-refractivity contribution in [2.45, 2.75) is 24.0 Å². The Hall–Kier alpha value is -3.34. The molecule has 0 N–H and O–H groups in total. The number of nitrogens with zero attached hydrogens (tertiary/aromatic N) is 5. The molecule has 0 saturated heterocycles. The number of hydrogen-bond donors (Lipinski definition) is 0. The van der Waals surface area contributed by atoms with Crippen LogP contribution in [-0.2, 0) is 22.7 Å². The van der Waals surface area contributed by atoms with Crippen LogP contribution in [-0.4, -0.2) is 34.3 Å². The molecule has 0 unspecified atom stereocenters. The number of hydrogen-bond acceptors (Lipinski definition) is 4. The van der Waals surface area contributed by atoms with Crippen molar-refractivity contribution in [3.8, 4) is 5.82 Å². The van der Waals surface area contributed by atoms with E-state index >= 15 is 0 Å². The molecule has 0 fully saturated rings. The summed E-state index contributed by atoms with van der Waals surface area (Å²) in [5, 5.41) is 4.89. The van der Waals surface area contributed by atoms with Gasteiger partial charge in [0.1, 0.15) is 4.90 Å². The number of pyridine rings is 1. The van der Waals surface area contributed by atoms with E-state index in [0.717, 1.165) is 40.1 Å². The Bertz CT molecular complexity index is 1390. The third kappa shape index (κ3) is 3.25. The number of aromatic nitrogens is 4. The fourth-order valence-electron chi connectivity index (χ4n) is 3.80. The number of benzene rings is 1. The quantitative estimate of drug-likeness (QED) is 0.478. The molecule has 4 aromatic rings. The molecule has 1 aromatic carbocycles. The zero-order valence-corrected chi connectivity index (χ0v) is 16.8. The molecule has 31 heavy (non-hydrogen) atoms. The molecule has 0 atom stereocenters. The SMILES string of the molecule is O=S(=O)(c1cnn(-c2cc(C(F)(F)F)ccn2)c1)N1CCCn2ccc3cccc1c32. The van der Waals surface area contributed by atoms with Gasteiger partial charge in [-0.25, -0.2) is 18.1 Å². The Morgan fingerprint density at radius 3 is 2.71 bits per heavy atom. The van der Waals surface area contributed by atoms with Crippen LogP contribution >= 0.6 is 0 Å². The zero-order chi connectivity index (χ0) is 21.8. The maximum Gasteiger partial charge on any atom is 0.416 e. The molecule has 0 radical (unpaired) electrons. The lowest BCUT2D eigenvalue weighted by Gasteiger charge is -2.22. The highest BCUT2D eigenvalue weighted by atomic mass is 32.2. The van der Waals surface area contributed by atoms with Crippen LogP contribution in [0.4, 0.5) is 18.9 Å². The molecule has 0 spiro atoms. The van der Waals surface area contributed by atoms with Gasteiger partial charge in [0.2, 0.25) is 0 Å². The smallest absolute Gasteiger partial charge is 0.346 e. The molecule has 1 aliphatic rings. The summed E-state index contributed by atoms with van der Waals surface area (Å²) in [5.74, 6) is -0.122. The number of alkyl halides is 3. The normalized spacial score (nSPS) is 14.7. The average molecular weight is 447 g/mol. The van der Waals surface area contributed by atoms with Crippen LogP contribution in [0.25, 0.3) is 16.7 Å². The van der Waals surface area contributed by atoms with Gasteiger partial charge in [0.15, 0.2) is 5.82 Å². The molecular weight excluding hydrogens is 431 g/mol. The summed E-state index contributed by atoms with van der Waals surface area (Å²) >= 11 is 0. The zero-order valence-electron chi connectivity index (χ0n) is 16.0. The molecule has 1 aliphatic heterocycles. The van der Waals surface area contributed by atoms with Crippen molar-refractivity contribution in [1.82, 2.24) is 19.3 Å². The van der Waals surface area contributed by atoms with Crippen LogP contribution in [0.3, 0.4) is 0 Å². The number of aryl methyl sites for hydroxylation is 1. The number of sulfonamides is 1. The molecule has 3 aromatic heterocycles. The molecule has 0 amide bonds. The van der Waals surface area contributed by atoms with Crippen molar-refractivity contribution in [2.24, 2.45) is 0 Å². The summed E-state index contributed by atoms with van der Waals surface area (Å²) in [6, 6.07) is 9.07. The predicted molar refractivity (Wildman–Crippen MR) is 107 cm³/mol. The highest BCUT2D eigenvalue weighted by molar-refractivity contribution is 7.92. The number of anilines is 1. The van der Waals surface area contributed by atoms with Gasteiger partial charge in [-0.2, -0.15) is 18.3 Å². The van der Waals surface area contributed by atoms with Crippen LogP contribution in [0.1, 0.15) is 12.0 Å².